The Balaban J connectivity index is 1.39. The average Bonchev–Trinajstić information content (AvgIpc) is 3.02. The van der Waals surface area contributed by atoms with Crippen LogP contribution in [0.1, 0.15) is 43.2 Å². The number of rotatable bonds is 5. The highest BCUT2D eigenvalue weighted by Gasteiger charge is 2.38. The van der Waals surface area contributed by atoms with Gasteiger partial charge in [0.1, 0.15) is 18.1 Å². The number of halogens is 1. The van der Waals surface area contributed by atoms with Crippen molar-refractivity contribution in [3.63, 3.8) is 0 Å². The zero-order valence-corrected chi connectivity index (χ0v) is 16.8. The van der Waals surface area contributed by atoms with Gasteiger partial charge in [0, 0.05) is 11.1 Å². The van der Waals surface area contributed by atoms with Crippen molar-refractivity contribution in [3.05, 3.63) is 70.4 Å². The van der Waals surface area contributed by atoms with E-state index in [4.69, 9.17) is 16.3 Å². The summed E-state index contributed by atoms with van der Waals surface area (Å²) in [7, 11) is 0. The molecule has 0 unspecified atom stereocenters. The van der Waals surface area contributed by atoms with E-state index in [1.165, 1.54) is 11.3 Å². The molecule has 1 N–H and O–H groups in total. The first-order valence-electron chi connectivity index (χ1n) is 9.94. The Bertz CT molecular complexity index is 916. The van der Waals surface area contributed by atoms with Crippen LogP contribution in [0.25, 0.3) is 6.08 Å². The predicted molar refractivity (Wildman–Crippen MR) is 112 cm³/mol. The normalized spacial score (nSPS) is 18.9. The molecule has 1 aliphatic heterocycles. The number of amides is 3. The molecule has 2 fully saturated rings. The molecule has 0 radical (unpaired) electrons. The van der Waals surface area contributed by atoms with Crippen molar-refractivity contribution in [2.75, 3.05) is 0 Å². The van der Waals surface area contributed by atoms with Gasteiger partial charge in [-0.2, -0.15) is 0 Å². The number of urea groups is 1. The van der Waals surface area contributed by atoms with Gasteiger partial charge in [-0.3, -0.25) is 9.69 Å². The lowest BCUT2D eigenvalue weighted by molar-refractivity contribution is -0.124. The molecule has 0 bridgehead atoms. The second kappa shape index (κ2) is 8.70. The van der Waals surface area contributed by atoms with Gasteiger partial charge in [-0.15, -0.1) is 0 Å². The van der Waals surface area contributed by atoms with E-state index in [0.717, 1.165) is 42.6 Å². The van der Waals surface area contributed by atoms with Crippen LogP contribution in [0.3, 0.4) is 0 Å². The number of nitrogens with zero attached hydrogens (tertiary/aromatic N) is 1. The first kappa shape index (κ1) is 19.5. The maximum Gasteiger partial charge on any atom is 0.329 e. The molecule has 1 saturated heterocycles. The van der Waals surface area contributed by atoms with E-state index in [9.17, 15) is 9.59 Å². The fourth-order valence-electron chi connectivity index (χ4n) is 3.79. The maximum absolute atomic E-state index is 12.7. The maximum atomic E-state index is 12.7. The van der Waals surface area contributed by atoms with Crippen LogP contribution in [0.4, 0.5) is 4.79 Å². The minimum absolute atomic E-state index is 0.0193. The highest BCUT2D eigenvalue weighted by molar-refractivity contribution is 6.30. The molecule has 2 aromatic rings. The minimum atomic E-state index is -0.309. The van der Waals surface area contributed by atoms with Gasteiger partial charge >= 0.3 is 6.03 Å². The molecule has 1 heterocycles. The van der Waals surface area contributed by atoms with Crippen LogP contribution in [0.2, 0.25) is 5.02 Å². The van der Waals surface area contributed by atoms with Crippen molar-refractivity contribution in [3.8, 4) is 5.75 Å². The van der Waals surface area contributed by atoms with Gasteiger partial charge in [-0.25, -0.2) is 4.79 Å². The van der Waals surface area contributed by atoms with E-state index in [-0.39, 0.29) is 18.0 Å². The van der Waals surface area contributed by atoms with Crippen molar-refractivity contribution in [1.82, 2.24) is 10.2 Å². The molecule has 2 aliphatic rings. The van der Waals surface area contributed by atoms with Crippen molar-refractivity contribution in [1.29, 1.82) is 0 Å². The topological polar surface area (TPSA) is 58.6 Å². The third kappa shape index (κ3) is 4.62. The standard InChI is InChI=1S/C23H23ClN2O3/c24-18-10-6-17(7-11-18)15-29-20-12-8-16(9-13-20)14-21-22(27)26(23(28)25-21)19-4-2-1-3-5-19/h6-14,19H,1-5,15H2,(H,25,28)/b21-14-. The number of ether oxygens (including phenoxy) is 1. The molecule has 0 spiro atoms. The van der Waals surface area contributed by atoms with Crippen LogP contribution in [-0.4, -0.2) is 22.9 Å². The van der Waals surface area contributed by atoms with Crippen LogP contribution in [0.5, 0.6) is 5.75 Å². The van der Waals surface area contributed by atoms with Crippen molar-refractivity contribution in [2.24, 2.45) is 0 Å². The Morgan fingerprint density at radius 2 is 1.69 bits per heavy atom. The number of nitrogens with one attached hydrogen (secondary N) is 1. The molecule has 4 rings (SSSR count). The van der Waals surface area contributed by atoms with Crippen molar-refractivity contribution >= 4 is 29.6 Å². The van der Waals surface area contributed by atoms with E-state index in [1.807, 2.05) is 48.5 Å². The molecule has 6 heteroatoms. The van der Waals surface area contributed by atoms with E-state index < -0.39 is 0 Å². The lowest BCUT2D eigenvalue weighted by Gasteiger charge is -2.28. The molecular formula is C23H23ClN2O3. The van der Waals surface area contributed by atoms with Crippen molar-refractivity contribution in [2.45, 2.75) is 44.8 Å². The smallest absolute Gasteiger partial charge is 0.329 e. The van der Waals surface area contributed by atoms with Gasteiger partial charge in [-0.05, 0) is 54.3 Å². The predicted octanol–water partition coefficient (Wildman–Crippen LogP) is 5.14. The quantitative estimate of drug-likeness (QED) is 0.548. The van der Waals surface area contributed by atoms with Crippen LogP contribution >= 0.6 is 11.6 Å². The summed E-state index contributed by atoms with van der Waals surface area (Å²) in [6.45, 7) is 0.447. The van der Waals surface area contributed by atoms with Gasteiger partial charge in [-0.1, -0.05) is 55.1 Å². The van der Waals surface area contributed by atoms with Gasteiger partial charge in [0.25, 0.3) is 5.91 Å². The number of carbonyl (C=O) groups excluding carboxylic acids is 2. The molecule has 3 amide bonds. The van der Waals surface area contributed by atoms with Crippen LogP contribution in [-0.2, 0) is 11.4 Å². The third-order valence-electron chi connectivity index (χ3n) is 5.36. The Hall–Kier alpha value is -2.79. The molecular weight excluding hydrogens is 388 g/mol. The monoisotopic (exact) mass is 410 g/mol. The van der Waals surface area contributed by atoms with Crippen LogP contribution in [0.15, 0.2) is 54.2 Å². The lowest BCUT2D eigenvalue weighted by Crippen LogP contribution is -2.41. The fraction of sp³-hybridized carbons (Fsp3) is 0.304. The van der Waals surface area contributed by atoms with Gasteiger partial charge < -0.3 is 10.1 Å². The van der Waals surface area contributed by atoms with Crippen molar-refractivity contribution < 1.29 is 14.3 Å². The highest BCUT2D eigenvalue weighted by atomic mass is 35.5. The molecule has 150 valence electrons. The second-order valence-electron chi connectivity index (χ2n) is 7.44. The minimum Gasteiger partial charge on any atom is -0.489 e. The summed E-state index contributed by atoms with van der Waals surface area (Å²) in [6, 6.07) is 14.7. The van der Waals surface area contributed by atoms with E-state index in [1.54, 1.807) is 6.08 Å². The van der Waals surface area contributed by atoms with Gasteiger partial charge in [0.05, 0.1) is 0 Å². The molecule has 0 atom stereocenters. The first-order chi connectivity index (χ1) is 14.1. The molecule has 1 aliphatic carbocycles. The summed E-state index contributed by atoms with van der Waals surface area (Å²) >= 11 is 5.89. The molecule has 5 nitrogen and oxygen atoms in total. The summed E-state index contributed by atoms with van der Waals surface area (Å²) in [4.78, 5) is 26.4. The van der Waals surface area contributed by atoms with E-state index in [2.05, 4.69) is 5.32 Å². The van der Waals surface area contributed by atoms with Gasteiger partial charge in [0.15, 0.2) is 0 Å². The second-order valence-corrected chi connectivity index (χ2v) is 7.88. The number of imide groups is 1. The SMILES string of the molecule is O=C1N/C(=C\c2ccc(OCc3ccc(Cl)cc3)cc2)C(=O)N1C1CCCCC1. The Morgan fingerprint density at radius 3 is 2.38 bits per heavy atom. The summed E-state index contributed by atoms with van der Waals surface area (Å²) < 4.78 is 5.78. The number of carbonyl (C=O) groups is 2. The third-order valence-corrected chi connectivity index (χ3v) is 5.61. The Labute approximate surface area is 175 Å². The zero-order valence-electron chi connectivity index (χ0n) is 16.1. The summed E-state index contributed by atoms with van der Waals surface area (Å²) in [5.41, 5.74) is 2.19. The Kier molecular flexibility index (Phi) is 5.86. The highest BCUT2D eigenvalue weighted by Crippen LogP contribution is 2.27. The fourth-order valence-corrected chi connectivity index (χ4v) is 3.92. The molecule has 29 heavy (non-hydrogen) atoms. The lowest BCUT2D eigenvalue weighted by atomic mass is 9.94. The average molecular weight is 411 g/mol. The number of hydrogen-bond donors (Lipinski definition) is 1. The number of hydrogen-bond acceptors (Lipinski definition) is 3. The largest absolute Gasteiger partial charge is 0.489 e. The van der Waals surface area contributed by atoms with Crippen LogP contribution in [0, 0.1) is 0 Å². The van der Waals surface area contributed by atoms with Crippen LogP contribution < -0.4 is 10.1 Å². The van der Waals surface area contributed by atoms with E-state index >= 15 is 0 Å². The van der Waals surface area contributed by atoms with E-state index in [0.29, 0.717) is 17.3 Å². The molecule has 1 saturated carbocycles. The molecule has 0 aromatic heterocycles. The summed E-state index contributed by atoms with van der Waals surface area (Å²) in [5.74, 6) is 0.498. The van der Waals surface area contributed by atoms with Gasteiger partial charge in [0.2, 0.25) is 0 Å². The summed E-state index contributed by atoms with van der Waals surface area (Å²) in [5, 5.41) is 3.42. The molecule has 2 aromatic carbocycles. The number of benzene rings is 2. The Morgan fingerprint density at radius 1 is 1.00 bits per heavy atom. The first-order valence-corrected chi connectivity index (χ1v) is 10.3. The zero-order chi connectivity index (χ0) is 20.2. The summed E-state index contributed by atoms with van der Waals surface area (Å²) in [6.07, 6.45) is 6.82.